The van der Waals surface area contributed by atoms with E-state index in [9.17, 15) is 9.46 Å². The van der Waals surface area contributed by atoms with Crippen molar-refractivity contribution in [3.05, 3.63) is 35.9 Å². The minimum atomic E-state index is -3.64. The average Bonchev–Trinajstić information content (AvgIpc) is 2.04. The smallest absolute Gasteiger partial charge is 0.323 e. The van der Waals surface area contributed by atoms with Crippen LogP contribution in [-0.4, -0.2) is 12.0 Å². The van der Waals surface area contributed by atoms with Crippen molar-refractivity contribution in [2.24, 2.45) is 0 Å². The Morgan fingerprint density at radius 1 is 1.38 bits per heavy atom. The fourth-order valence-electron chi connectivity index (χ4n) is 0.957. The molecule has 13 heavy (non-hydrogen) atoms. The van der Waals surface area contributed by atoms with Gasteiger partial charge < -0.3 is 4.89 Å². The lowest BCUT2D eigenvalue weighted by Gasteiger charge is -2.08. The summed E-state index contributed by atoms with van der Waals surface area (Å²) in [6, 6.07) is 8.93. The highest BCUT2D eigenvalue weighted by molar-refractivity contribution is 7.51. The third-order valence-electron chi connectivity index (χ3n) is 1.42. The van der Waals surface area contributed by atoms with Gasteiger partial charge in [-0.05, 0) is 5.56 Å². The number of hydrogen-bond donors (Lipinski definition) is 1. The fourth-order valence-corrected chi connectivity index (χ4v) is 1.91. The van der Waals surface area contributed by atoms with E-state index in [0.29, 0.717) is 0 Å². The Kier molecular flexibility index (Phi) is 3.63. The summed E-state index contributed by atoms with van der Waals surface area (Å²) in [6.07, 6.45) is -0.0400. The van der Waals surface area contributed by atoms with Crippen LogP contribution >= 0.6 is 7.60 Å². The van der Waals surface area contributed by atoms with E-state index in [-0.39, 0.29) is 6.16 Å². The monoisotopic (exact) mass is 202 g/mol. The van der Waals surface area contributed by atoms with Gasteiger partial charge in [-0.3, -0.25) is 4.57 Å². The summed E-state index contributed by atoms with van der Waals surface area (Å²) in [5.74, 6) is 0. The summed E-state index contributed by atoms with van der Waals surface area (Å²) >= 11 is 0. The molecule has 0 saturated carbocycles. The van der Waals surface area contributed by atoms with Crippen molar-refractivity contribution < 1.29 is 19.0 Å². The molecule has 1 aromatic carbocycles. The van der Waals surface area contributed by atoms with Crippen molar-refractivity contribution in [3.63, 3.8) is 0 Å². The van der Waals surface area contributed by atoms with E-state index in [1.807, 2.05) is 6.07 Å². The van der Waals surface area contributed by atoms with E-state index in [2.05, 4.69) is 9.56 Å². The lowest BCUT2D eigenvalue weighted by molar-refractivity contribution is -0.185. The molecule has 72 valence electrons. The van der Waals surface area contributed by atoms with Crippen LogP contribution in [0.4, 0.5) is 0 Å². The van der Waals surface area contributed by atoms with Crippen LogP contribution in [-0.2, 0) is 20.3 Å². The van der Waals surface area contributed by atoms with Crippen LogP contribution in [0.5, 0.6) is 0 Å². The molecule has 1 N–H and O–H groups in total. The second kappa shape index (κ2) is 4.53. The Bertz CT molecular complexity index is 298. The van der Waals surface area contributed by atoms with Crippen LogP contribution in [0.2, 0.25) is 0 Å². The standard InChI is InChI=1S/C8H11O4P/c1-11-12-13(9,10)7-8-5-3-2-4-6-8/h2-6H,7H2,1H3,(H,9,10). The van der Waals surface area contributed by atoms with Crippen molar-refractivity contribution >= 4 is 7.60 Å². The molecule has 0 spiro atoms. The highest BCUT2D eigenvalue weighted by atomic mass is 31.2. The van der Waals surface area contributed by atoms with E-state index in [1.54, 1.807) is 24.3 Å². The Labute approximate surface area is 76.6 Å². The SMILES string of the molecule is COOP(=O)(O)Cc1ccccc1. The summed E-state index contributed by atoms with van der Waals surface area (Å²) in [5.41, 5.74) is 0.741. The van der Waals surface area contributed by atoms with Crippen LogP contribution in [0.1, 0.15) is 5.56 Å². The first-order valence-corrected chi connectivity index (χ1v) is 5.48. The minimum Gasteiger partial charge on any atom is -0.323 e. The van der Waals surface area contributed by atoms with Gasteiger partial charge in [-0.25, -0.2) is 4.89 Å². The molecule has 1 rings (SSSR count). The number of benzene rings is 1. The maximum atomic E-state index is 11.2. The minimum absolute atomic E-state index is 0.0400. The number of hydrogen-bond acceptors (Lipinski definition) is 3. The average molecular weight is 202 g/mol. The zero-order valence-corrected chi connectivity index (χ0v) is 8.11. The molecule has 0 aromatic heterocycles. The van der Waals surface area contributed by atoms with E-state index in [4.69, 9.17) is 0 Å². The van der Waals surface area contributed by atoms with Gasteiger partial charge in [0, 0.05) is 0 Å². The van der Waals surface area contributed by atoms with Crippen LogP contribution < -0.4 is 0 Å². The van der Waals surface area contributed by atoms with Crippen LogP contribution in [0.15, 0.2) is 30.3 Å². The highest BCUT2D eigenvalue weighted by Gasteiger charge is 2.20. The van der Waals surface area contributed by atoms with Crippen LogP contribution in [0.25, 0.3) is 0 Å². The molecular weight excluding hydrogens is 191 g/mol. The fraction of sp³-hybridized carbons (Fsp3) is 0.250. The van der Waals surface area contributed by atoms with Gasteiger partial charge in [0.25, 0.3) is 0 Å². The molecule has 0 aliphatic carbocycles. The van der Waals surface area contributed by atoms with Crippen molar-refractivity contribution in [1.82, 2.24) is 0 Å². The predicted molar refractivity (Wildman–Crippen MR) is 48.1 cm³/mol. The zero-order chi connectivity index (χ0) is 9.73. The van der Waals surface area contributed by atoms with Crippen molar-refractivity contribution in [3.8, 4) is 0 Å². The summed E-state index contributed by atoms with van der Waals surface area (Å²) in [5, 5.41) is 0. The predicted octanol–water partition coefficient (Wildman–Crippen LogP) is 1.95. The molecule has 1 aromatic rings. The molecule has 0 heterocycles. The summed E-state index contributed by atoms with van der Waals surface area (Å²) in [4.78, 5) is 13.3. The molecule has 0 aliphatic rings. The largest absolute Gasteiger partial charge is 0.359 e. The van der Waals surface area contributed by atoms with Crippen molar-refractivity contribution in [2.75, 3.05) is 7.11 Å². The first-order chi connectivity index (χ1) is 6.14. The third-order valence-corrected chi connectivity index (χ3v) is 2.56. The lowest BCUT2D eigenvalue weighted by Crippen LogP contribution is -1.92. The summed E-state index contributed by atoms with van der Waals surface area (Å²) in [6.45, 7) is 0. The lowest BCUT2D eigenvalue weighted by atomic mass is 10.2. The van der Waals surface area contributed by atoms with E-state index >= 15 is 0 Å². The maximum Gasteiger partial charge on any atom is 0.359 e. The van der Waals surface area contributed by atoms with Gasteiger partial charge >= 0.3 is 7.60 Å². The topological polar surface area (TPSA) is 55.8 Å². The van der Waals surface area contributed by atoms with E-state index in [0.717, 1.165) is 5.56 Å². The van der Waals surface area contributed by atoms with E-state index in [1.165, 1.54) is 7.11 Å². The summed E-state index contributed by atoms with van der Waals surface area (Å²) < 4.78 is 15.4. The normalized spacial score (nSPS) is 15.2. The molecule has 0 radical (unpaired) electrons. The maximum absolute atomic E-state index is 11.2. The Morgan fingerprint density at radius 2 is 2.00 bits per heavy atom. The summed E-state index contributed by atoms with van der Waals surface area (Å²) in [7, 11) is -2.43. The van der Waals surface area contributed by atoms with Crippen molar-refractivity contribution in [1.29, 1.82) is 0 Å². The van der Waals surface area contributed by atoms with Crippen LogP contribution in [0, 0.1) is 0 Å². The molecule has 0 saturated heterocycles. The molecule has 0 fully saturated rings. The highest BCUT2D eigenvalue weighted by Crippen LogP contribution is 2.45. The van der Waals surface area contributed by atoms with E-state index < -0.39 is 7.60 Å². The second-order valence-corrected chi connectivity index (χ2v) is 4.26. The molecule has 5 heteroatoms. The molecule has 0 aliphatic heterocycles. The third kappa shape index (κ3) is 3.70. The number of rotatable bonds is 4. The second-order valence-electron chi connectivity index (χ2n) is 2.52. The molecule has 0 amide bonds. The van der Waals surface area contributed by atoms with Gasteiger partial charge in [0.2, 0.25) is 0 Å². The molecule has 1 atom stereocenters. The molecule has 1 unspecified atom stereocenters. The Balaban J connectivity index is 2.64. The molecule has 4 nitrogen and oxygen atoms in total. The quantitative estimate of drug-likeness (QED) is 0.460. The van der Waals surface area contributed by atoms with Crippen LogP contribution in [0.3, 0.4) is 0 Å². The van der Waals surface area contributed by atoms with Gasteiger partial charge in [-0.15, -0.1) is 4.67 Å². The zero-order valence-electron chi connectivity index (χ0n) is 7.21. The van der Waals surface area contributed by atoms with Gasteiger partial charge in [0.15, 0.2) is 0 Å². The molecule has 0 bridgehead atoms. The first kappa shape index (κ1) is 10.4. The Morgan fingerprint density at radius 3 is 2.54 bits per heavy atom. The Hall–Kier alpha value is -0.670. The van der Waals surface area contributed by atoms with Crippen molar-refractivity contribution in [2.45, 2.75) is 6.16 Å². The molecular formula is C8H11O4P. The van der Waals surface area contributed by atoms with Gasteiger partial charge in [0.1, 0.15) is 0 Å². The first-order valence-electron chi connectivity index (χ1n) is 3.72. The van der Waals surface area contributed by atoms with Gasteiger partial charge in [-0.2, -0.15) is 0 Å². The van der Waals surface area contributed by atoms with Gasteiger partial charge in [0.05, 0.1) is 13.3 Å². The van der Waals surface area contributed by atoms with Gasteiger partial charge in [-0.1, -0.05) is 30.3 Å².